The molecule has 0 fully saturated rings. The molecular formula is C53H60F2N4S6. The molecule has 0 aliphatic heterocycles. The monoisotopic (exact) mass is 982 g/mol. The van der Waals surface area contributed by atoms with Gasteiger partial charge in [0.2, 0.25) is 0 Å². The Balaban J connectivity index is 1.12. The molecule has 2 aromatic carbocycles. The molecule has 4 nitrogen and oxygen atoms in total. The van der Waals surface area contributed by atoms with Gasteiger partial charge in [0.15, 0.2) is 0 Å². The second kappa shape index (κ2) is 21.4. The Bertz CT molecular complexity index is 2660. The molecule has 0 spiro atoms. The number of hydrogen-bond donors (Lipinski definition) is 0. The number of hydrogen-bond acceptors (Lipinski definition) is 10. The molecule has 0 bridgehead atoms. The average molecular weight is 983 g/mol. The molecule has 0 atom stereocenters. The van der Waals surface area contributed by atoms with Crippen molar-refractivity contribution in [1.29, 1.82) is 0 Å². The average Bonchev–Trinajstić information content (AvgIpc) is 4.17. The summed E-state index contributed by atoms with van der Waals surface area (Å²) in [6.07, 6.45) is 23.2. The highest BCUT2D eigenvalue weighted by Crippen LogP contribution is 2.62. The maximum Gasteiger partial charge on any atom is 0.134 e. The van der Waals surface area contributed by atoms with Gasteiger partial charge >= 0.3 is 0 Å². The molecule has 6 aromatic heterocycles. The lowest BCUT2D eigenvalue weighted by molar-refractivity contribution is 0.402. The molecule has 1 aliphatic rings. The zero-order chi connectivity index (χ0) is 44.9. The van der Waals surface area contributed by atoms with Gasteiger partial charge in [-0.15, -0.1) is 45.3 Å². The number of thiophene rings is 4. The maximum atomic E-state index is 16.7. The molecular weight excluding hydrogens is 923 g/mol. The van der Waals surface area contributed by atoms with Gasteiger partial charge < -0.3 is 0 Å². The Morgan fingerprint density at radius 2 is 0.831 bits per heavy atom. The van der Waals surface area contributed by atoms with Gasteiger partial charge in [0.25, 0.3) is 0 Å². The van der Waals surface area contributed by atoms with Crippen molar-refractivity contribution in [2.24, 2.45) is 0 Å². The largest absolute Gasteiger partial charge is 0.206 e. The van der Waals surface area contributed by atoms with Crippen LogP contribution in [0.1, 0.15) is 164 Å². The van der Waals surface area contributed by atoms with Crippen molar-refractivity contribution in [3.63, 3.8) is 0 Å². The Morgan fingerprint density at radius 1 is 0.431 bits per heavy atom. The summed E-state index contributed by atoms with van der Waals surface area (Å²) < 4.78 is 52.7. The van der Waals surface area contributed by atoms with E-state index in [1.165, 1.54) is 131 Å². The second-order valence-electron chi connectivity index (χ2n) is 18.0. The SMILES string of the molecule is CCCCCCc1ccc(-c2c(F)cc(-c3cc4c(s3)-c3sc(-c5cc(F)c(-c6ccc(CCCCCC)s6)c6nsnc56)cc3C4(CCCCCC)CCCCCC)c3nsnc23)s1. The van der Waals surface area contributed by atoms with E-state index in [1.54, 1.807) is 57.5 Å². The van der Waals surface area contributed by atoms with Crippen molar-refractivity contribution < 1.29 is 8.78 Å². The highest BCUT2D eigenvalue weighted by molar-refractivity contribution is 7.26. The van der Waals surface area contributed by atoms with Crippen LogP contribution in [0.25, 0.3) is 73.6 Å². The third kappa shape index (κ3) is 9.47. The molecule has 12 heteroatoms. The van der Waals surface area contributed by atoms with Gasteiger partial charge in [-0.1, -0.05) is 118 Å². The van der Waals surface area contributed by atoms with Crippen molar-refractivity contribution in [3.05, 3.63) is 81.0 Å². The molecule has 1 aliphatic carbocycles. The van der Waals surface area contributed by atoms with Crippen LogP contribution in [-0.4, -0.2) is 17.5 Å². The summed E-state index contributed by atoms with van der Waals surface area (Å²) in [7, 11) is 0. The van der Waals surface area contributed by atoms with Crippen molar-refractivity contribution >= 4 is 90.9 Å². The lowest BCUT2D eigenvalue weighted by Crippen LogP contribution is -2.25. The van der Waals surface area contributed by atoms with Crippen LogP contribution in [0.3, 0.4) is 0 Å². The molecule has 0 unspecified atom stereocenters. The van der Waals surface area contributed by atoms with E-state index >= 15 is 8.78 Å². The van der Waals surface area contributed by atoms with Crippen molar-refractivity contribution in [2.75, 3.05) is 0 Å². The fraction of sp³-hybridized carbons (Fsp3) is 0.472. The summed E-state index contributed by atoms with van der Waals surface area (Å²) in [4.78, 5) is 9.03. The number of benzene rings is 2. The number of rotatable bonds is 24. The normalized spacial score (nSPS) is 13.2. The molecule has 6 heterocycles. The Morgan fingerprint density at radius 3 is 1.25 bits per heavy atom. The third-order valence-corrected chi connectivity index (χ3v) is 19.4. The first-order chi connectivity index (χ1) is 31.9. The van der Waals surface area contributed by atoms with Gasteiger partial charge in [-0.25, -0.2) is 8.78 Å². The molecule has 0 N–H and O–H groups in total. The van der Waals surface area contributed by atoms with E-state index in [2.05, 4.69) is 64.1 Å². The van der Waals surface area contributed by atoms with Crippen LogP contribution in [0.5, 0.6) is 0 Å². The minimum absolute atomic E-state index is 0.194. The van der Waals surface area contributed by atoms with Crippen molar-refractivity contribution in [3.8, 4) is 51.5 Å². The van der Waals surface area contributed by atoms with Crippen LogP contribution in [0, 0.1) is 11.6 Å². The Kier molecular flexibility index (Phi) is 15.4. The van der Waals surface area contributed by atoms with Crippen molar-refractivity contribution in [2.45, 2.75) is 162 Å². The Labute approximate surface area is 408 Å². The van der Waals surface area contributed by atoms with E-state index in [-0.39, 0.29) is 17.0 Å². The molecule has 0 radical (unpaired) electrons. The number of fused-ring (bicyclic) bond motifs is 5. The third-order valence-electron chi connectivity index (χ3n) is 13.5. The quantitative estimate of drug-likeness (QED) is 0.0566. The van der Waals surface area contributed by atoms with Crippen LogP contribution >= 0.6 is 68.8 Å². The molecule has 9 rings (SSSR count). The molecule has 8 aromatic rings. The molecule has 0 amide bonds. The highest BCUT2D eigenvalue weighted by Gasteiger charge is 2.46. The van der Waals surface area contributed by atoms with Crippen LogP contribution in [0.15, 0.2) is 48.5 Å². The van der Waals surface area contributed by atoms with E-state index in [0.717, 1.165) is 93.0 Å². The van der Waals surface area contributed by atoms with Crippen LogP contribution in [-0.2, 0) is 18.3 Å². The first kappa shape index (κ1) is 46.8. The van der Waals surface area contributed by atoms with Gasteiger partial charge in [-0.3, -0.25) is 0 Å². The lowest BCUT2D eigenvalue weighted by atomic mass is 9.71. The number of aromatic nitrogens is 4. The number of halogens is 2. The van der Waals surface area contributed by atoms with Crippen LogP contribution in [0.4, 0.5) is 8.78 Å². The number of nitrogens with zero attached hydrogens (tertiary/aromatic N) is 4. The molecule has 0 saturated heterocycles. The minimum atomic E-state index is -0.241. The van der Waals surface area contributed by atoms with Crippen molar-refractivity contribution in [1.82, 2.24) is 17.5 Å². The van der Waals surface area contributed by atoms with E-state index in [1.807, 2.05) is 0 Å². The predicted molar refractivity (Wildman–Crippen MR) is 281 cm³/mol. The summed E-state index contributed by atoms with van der Waals surface area (Å²) in [6.45, 7) is 9.02. The maximum absolute atomic E-state index is 16.7. The minimum Gasteiger partial charge on any atom is -0.206 e. The predicted octanol–water partition coefficient (Wildman–Crippen LogP) is 19.3. The summed E-state index contributed by atoms with van der Waals surface area (Å²) in [5, 5.41) is 0. The summed E-state index contributed by atoms with van der Waals surface area (Å²) in [6, 6.07) is 16.7. The number of unbranched alkanes of at least 4 members (excludes halogenated alkanes) is 12. The summed E-state index contributed by atoms with van der Waals surface area (Å²) in [5.74, 6) is -0.482. The van der Waals surface area contributed by atoms with Crippen LogP contribution < -0.4 is 0 Å². The summed E-state index contributed by atoms with van der Waals surface area (Å²) >= 11 is 9.24. The number of aryl methyl sites for hydroxylation is 2. The summed E-state index contributed by atoms with van der Waals surface area (Å²) in [5.41, 5.74) is 8.18. The zero-order valence-corrected chi connectivity index (χ0v) is 43.2. The Hall–Kier alpha value is -3.26. The van der Waals surface area contributed by atoms with Crippen LogP contribution in [0.2, 0.25) is 0 Å². The zero-order valence-electron chi connectivity index (χ0n) is 38.3. The van der Waals surface area contributed by atoms with E-state index in [0.29, 0.717) is 22.2 Å². The highest BCUT2D eigenvalue weighted by atomic mass is 32.1. The first-order valence-electron chi connectivity index (χ1n) is 24.3. The van der Waals surface area contributed by atoms with E-state index < -0.39 is 0 Å². The second-order valence-corrected chi connectivity index (χ2v) is 23.5. The lowest BCUT2D eigenvalue weighted by Gasteiger charge is -2.31. The fourth-order valence-corrected chi connectivity index (χ4v) is 16.1. The fourth-order valence-electron chi connectivity index (χ4n) is 10.0. The van der Waals surface area contributed by atoms with E-state index in [4.69, 9.17) is 17.5 Å². The smallest absolute Gasteiger partial charge is 0.134 e. The van der Waals surface area contributed by atoms with Gasteiger partial charge in [0, 0.05) is 55.6 Å². The van der Waals surface area contributed by atoms with Gasteiger partial charge in [-0.2, -0.15) is 17.5 Å². The molecule has 342 valence electrons. The van der Waals surface area contributed by atoms with E-state index in [9.17, 15) is 0 Å². The molecule has 0 saturated carbocycles. The van der Waals surface area contributed by atoms with Gasteiger partial charge in [0.1, 0.15) is 33.7 Å². The first-order valence-corrected chi connectivity index (χ1v) is 29.0. The van der Waals surface area contributed by atoms with Gasteiger partial charge in [0.05, 0.1) is 34.6 Å². The van der Waals surface area contributed by atoms with Gasteiger partial charge in [-0.05, 0) is 98.2 Å². The molecule has 65 heavy (non-hydrogen) atoms. The standard InChI is InChI=1S/C53H60F2N4S6/c1-5-9-13-17-21-33-23-25-41(60-33)45-39(54)29-35(47-49(45)58-64-56-47)43-31-37-51(62-43)52-38(53(37,27-19-15-11-7-3)28-20-16-12-8-4)32-44(63-52)36-30-40(55)46(50-48(36)57-65-59-50)42-26-24-34(61-42)22-18-14-10-6-2/h23-26,29-32H,5-22,27-28H2,1-4H3. The topological polar surface area (TPSA) is 51.6 Å².